The predicted molar refractivity (Wildman–Crippen MR) is 66.3 cm³/mol. The number of amides is 1. The van der Waals surface area contributed by atoms with Crippen molar-refractivity contribution in [1.29, 1.82) is 0 Å². The molecule has 0 aliphatic carbocycles. The van der Waals surface area contributed by atoms with Gasteiger partial charge in [0.2, 0.25) is 5.91 Å². The van der Waals surface area contributed by atoms with E-state index in [1.165, 1.54) is 5.56 Å². The topological polar surface area (TPSA) is 55.1 Å². The number of hydrogen-bond acceptors (Lipinski definition) is 2. The van der Waals surface area contributed by atoms with Gasteiger partial charge in [0.1, 0.15) is 0 Å². The number of carbonyl (C=O) groups is 1. The van der Waals surface area contributed by atoms with E-state index in [4.69, 9.17) is 17.3 Å². The third-order valence-electron chi connectivity index (χ3n) is 2.44. The molecule has 0 saturated heterocycles. The molecule has 0 aliphatic rings. The zero-order chi connectivity index (χ0) is 12.0. The van der Waals surface area contributed by atoms with Crippen molar-refractivity contribution in [2.75, 3.05) is 6.54 Å². The molecule has 1 aromatic rings. The Morgan fingerprint density at radius 3 is 2.56 bits per heavy atom. The van der Waals surface area contributed by atoms with Crippen LogP contribution in [-0.2, 0) is 4.79 Å². The zero-order valence-corrected chi connectivity index (χ0v) is 10.1. The van der Waals surface area contributed by atoms with Gasteiger partial charge in [-0.3, -0.25) is 4.79 Å². The van der Waals surface area contributed by atoms with Gasteiger partial charge in [-0.2, -0.15) is 0 Å². The molecule has 0 aliphatic heterocycles. The minimum absolute atomic E-state index is 0.247. The van der Waals surface area contributed by atoms with Gasteiger partial charge in [0.25, 0.3) is 0 Å². The van der Waals surface area contributed by atoms with Crippen molar-refractivity contribution in [3.63, 3.8) is 0 Å². The fraction of sp³-hybridized carbons (Fsp3) is 0.417. The number of benzene rings is 1. The lowest BCUT2D eigenvalue weighted by Crippen LogP contribution is -2.25. The van der Waals surface area contributed by atoms with E-state index >= 15 is 0 Å². The normalized spacial score (nSPS) is 12.4. The molecule has 0 heterocycles. The van der Waals surface area contributed by atoms with Crippen LogP contribution < -0.4 is 11.1 Å². The van der Waals surface area contributed by atoms with Crippen LogP contribution in [0.4, 0.5) is 0 Å². The lowest BCUT2D eigenvalue weighted by Gasteiger charge is -2.17. The summed E-state index contributed by atoms with van der Waals surface area (Å²) in [7, 11) is 0. The number of nitrogens with one attached hydrogen (secondary N) is 1. The highest BCUT2D eigenvalue weighted by Crippen LogP contribution is 2.18. The Morgan fingerprint density at radius 2 is 2.06 bits per heavy atom. The van der Waals surface area contributed by atoms with E-state index in [9.17, 15) is 4.79 Å². The minimum atomic E-state index is -0.279. The Kier molecular flexibility index (Phi) is 5.29. The van der Waals surface area contributed by atoms with E-state index in [2.05, 4.69) is 12.2 Å². The number of carbonyl (C=O) groups excluding carboxylic acids is 1. The number of halogens is 1. The molecule has 0 spiro atoms. The van der Waals surface area contributed by atoms with Crippen LogP contribution in [0, 0.1) is 0 Å². The molecule has 0 aromatic heterocycles. The van der Waals surface area contributed by atoms with Gasteiger partial charge in [-0.25, -0.2) is 0 Å². The monoisotopic (exact) mass is 240 g/mol. The van der Waals surface area contributed by atoms with Crippen molar-refractivity contribution in [3.05, 3.63) is 34.9 Å². The molecule has 88 valence electrons. The van der Waals surface area contributed by atoms with Crippen LogP contribution in [0.2, 0.25) is 5.02 Å². The second kappa shape index (κ2) is 6.51. The average Bonchev–Trinajstić information content (AvgIpc) is 2.26. The summed E-state index contributed by atoms with van der Waals surface area (Å²) < 4.78 is 0. The first-order chi connectivity index (χ1) is 7.63. The van der Waals surface area contributed by atoms with Crippen LogP contribution in [0.1, 0.15) is 31.4 Å². The molecule has 0 radical (unpaired) electrons. The standard InChI is InChI=1S/C12H17ClN2O/c1-2-11(15-8-7-12(14)16)9-3-5-10(13)6-4-9/h3-6,11,15H,2,7-8H2,1H3,(H2,14,16). The molecule has 1 amide bonds. The molecular formula is C12H17ClN2O. The van der Waals surface area contributed by atoms with Crippen LogP contribution in [0.25, 0.3) is 0 Å². The summed E-state index contributed by atoms with van der Waals surface area (Å²) in [5.41, 5.74) is 6.26. The lowest BCUT2D eigenvalue weighted by atomic mass is 10.0. The van der Waals surface area contributed by atoms with Gasteiger partial charge in [0.15, 0.2) is 0 Å². The molecule has 1 rings (SSSR count). The molecule has 3 N–H and O–H groups in total. The largest absolute Gasteiger partial charge is 0.370 e. The summed E-state index contributed by atoms with van der Waals surface area (Å²) in [4.78, 5) is 10.6. The van der Waals surface area contributed by atoms with Crippen molar-refractivity contribution < 1.29 is 4.79 Å². The third kappa shape index (κ3) is 4.21. The molecule has 0 saturated carbocycles. The highest BCUT2D eigenvalue weighted by Gasteiger charge is 2.08. The fourth-order valence-corrected chi connectivity index (χ4v) is 1.69. The summed E-state index contributed by atoms with van der Waals surface area (Å²) in [5, 5.41) is 4.02. The summed E-state index contributed by atoms with van der Waals surface area (Å²) in [6, 6.07) is 7.98. The van der Waals surface area contributed by atoms with E-state index < -0.39 is 0 Å². The summed E-state index contributed by atoms with van der Waals surface area (Å²) >= 11 is 5.82. The molecule has 1 atom stereocenters. The van der Waals surface area contributed by atoms with Crippen LogP contribution in [0.3, 0.4) is 0 Å². The van der Waals surface area contributed by atoms with Gasteiger partial charge in [0, 0.05) is 24.0 Å². The maximum absolute atomic E-state index is 10.6. The summed E-state index contributed by atoms with van der Waals surface area (Å²) in [6.07, 6.45) is 1.32. The molecule has 0 fully saturated rings. The van der Waals surface area contributed by atoms with Crippen molar-refractivity contribution in [3.8, 4) is 0 Å². The Hall–Kier alpha value is -1.06. The number of nitrogens with two attached hydrogens (primary N) is 1. The zero-order valence-electron chi connectivity index (χ0n) is 9.37. The fourth-order valence-electron chi connectivity index (χ4n) is 1.56. The molecular weight excluding hydrogens is 224 g/mol. The Labute approximate surface area is 101 Å². The SMILES string of the molecule is CCC(NCCC(N)=O)c1ccc(Cl)cc1. The van der Waals surface area contributed by atoms with Gasteiger partial charge in [0.05, 0.1) is 0 Å². The van der Waals surface area contributed by atoms with E-state index in [-0.39, 0.29) is 11.9 Å². The Bertz CT molecular complexity index is 337. The smallest absolute Gasteiger partial charge is 0.218 e. The number of primary amides is 1. The van der Waals surface area contributed by atoms with Crippen molar-refractivity contribution >= 4 is 17.5 Å². The second-order valence-electron chi connectivity index (χ2n) is 3.68. The van der Waals surface area contributed by atoms with Crippen LogP contribution >= 0.6 is 11.6 Å². The van der Waals surface area contributed by atoms with Crippen molar-refractivity contribution in [2.45, 2.75) is 25.8 Å². The second-order valence-corrected chi connectivity index (χ2v) is 4.12. The Morgan fingerprint density at radius 1 is 1.44 bits per heavy atom. The number of rotatable bonds is 6. The molecule has 4 heteroatoms. The molecule has 3 nitrogen and oxygen atoms in total. The highest BCUT2D eigenvalue weighted by molar-refractivity contribution is 6.30. The van der Waals surface area contributed by atoms with Gasteiger partial charge >= 0.3 is 0 Å². The van der Waals surface area contributed by atoms with E-state index in [0.29, 0.717) is 13.0 Å². The van der Waals surface area contributed by atoms with Crippen LogP contribution in [0.5, 0.6) is 0 Å². The van der Waals surface area contributed by atoms with Crippen LogP contribution in [-0.4, -0.2) is 12.5 Å². The number of hydrogen-bond donors (Lipinski definition) is 2. The van der Waals surface area contributed by atoms with Gasteiger partial charge in [-0.1, -0.05) is 30.7 Å². The van der Waals surface area contributed by atoms with Gasteiger partial charge < -0.3 is 11.1 Å². The lowest BCUT2D eigenvalue weighted by molar-refractivity contribution is -0.117. The summed E-state index contributed by atoms with van der Waals surface area (Å²) in [6.45, 7) is 2.70. The van der Waals surface area contributed by atoms with Gasteiger partial charge in [-0.15, -0.1) is 0 Å². The first-order valence-corrected chi connectivity index (χ1v) is 5.78. The quantitative estimate of drug-likeness (QED) is 0.802. The first kappa shape index (κ1) is 13.0. The van der Waals surface area contributed by atoms with Crippen molar-refractivity contribution in [1.82, 2.24) is 5.32 Å². The molecule has 1 aromatic carbocycles. The third-order valence-corrected chi connectivity index (χ3v) is 2.69. The minimum Gasteiger partial charge on any atom is -0.370 e. The average molecular weight is 241 g/mol. The first-order valence-electron chi connectivity index (χ1n) is 5.40. The van der Waals surface area contributed by atoms with E-state index in [1.54, 1.807) is 0 Å². The predicted octanol–water partition coefficient (Wildman–Crippen LogP) is 2.26. The van der Waals surface area contributed by atoms with Gasteiger partial charge in [-0.05, 0) is 24.1 Å². The Balaban J connectivity index is 2.53. The highest BCUT2D eigenvalue weighted by atomic mass is 35.5. The molecule has 1 unspecified atom stereocenters. The molecule has 16 heavy (non-hydrogen) atoms. The van der Waals surface area contributed by atoms with Crippen LogP contribution in [0.15, 0.2) is 24.3 Å². The van der Waals surface area contributed by atoms with E-state index in [1.807, 2.05) is 24.3 Å². The summed E-state index contributed by atoms with van der Waals surface area (Å²) in [5.74, 6) is -0.279. The molecule has 0 bridgehead atoms. The maximum Gasteiger partial charge on any atom is 0.218 e. The maximum atomic E-state index is 10.6. The van der Waals surface area contributed by atoms with Crippen molar-refractivity contribution in [2.24, 2.45) is 5.73 Å². The van der Waals surface area contributed by atoms with E-state index in [0.717, 1.165) is 11.4 Å².